The predicted molar refractivity (Wildman–Crippen MR) is 114 cm³/mol. The number of ether oxygens (including phenoxy) is 1. The third-order valence-corrected chi connectivity index (χ3v) is 5.23. The van der Waals surface area contributed by atoms with Crippen molar-refractivity contribution in [2.75, 3.05) is 11.9 Å². The Morgan fingerprint density at radius 2 is 1.71 bits per heavy atom. The lowest BCUT2D eigenvalue weighted by Crippen LogP contribution is -2.14. The average Bonchev–Trinajstić information content (AvgIpc) is 3.13. The Morgan fingerprint density at radius 1 is 1.00 bits per heavy atom. The molecule has 0 aliphatic heterocycles. The Kier molecular flexibility index (Phi) is 6.61. The van der Waals surface area contributed by atoms with Crippen LogP contribution in [0.3, 0.4) is 0 Å². The number of anilines is 1. The molecule has 0 saturated carbocycles. The third-order valence-electron chi connectivity index (χ3n) is 4.34. The molecule has 0 spiro atoms. The van der Waals surface area contributed by atoms with Gasteiger partial charge >= 0.3 is 5.97 Å². The van der Waals surface area contributed by atoms with Gasteiger partial charge in [0.25, 0.3) is 5.91 Å². The monoisotopic (exact) mass is 393 g/mol. The molecule has 1 amide bonds. The van der Waals surface area contributed by atoms with Gasteiger partial charge in [0, 0.05) is 16.5 Å². The summed E-state index contributed by atoms with van der Waals surface area (Å²) >= 11 is 1.33. The lowest BCUT2D eigenvalue weighted by Gasteiger charge is -2.09. The smallest absolute Gasteiger partial charge is 0.341 e. The maximum Gasteiger partial charge on any atom is 0.341 e. The summed E-state index contributed by atoms with van der Waals surface area (Å²) in [6, 6.07) is 17.1. The highest BCUT2D eigenvalue weighted by Crippen LogP contribution is 2.36. The first-order chi connectivity index (χ1) is 13.6. The molecule has 0 unspecified atom stereocenters. The van der Waals surface area contributed by atoms with Crippen molar-refractivity contribution in [3.8, 4) is 11.1 Å². The van der Waals surface area contributed by atoms with Crippen LogP contribution in [-0.2, 0) is 11.2 Å². The third kappa shape index (κ3) is 4.49. The number of carbonyl (C=O) groups excluding carboxylic acids is 2. The van der Waals surface area contributed by atoms with Gasteiger partial charge in [0.15, 0.2) is 0 Å². The number of benzene rings is 2. The SMILES string of the molecule is CCCc1ccc(-c2csc(NC(=O)c3ccccc3)c2C(=O)OCC)cc1. The molecule has 0 radical (unpaired) electrons. The number of esters is 1. The normalized spacial score (nSPS) is 10.5. The molecule has 0 saturated heterocycles. The fraction of sp³-hybridized carbons (Fsp3) is 0.217. The van der Waals surface area contributed by atoms with E-state index in [1.165, 1.54) is 16.9 Å². The summed E-state index contributed by atoms with van der Waals surface area (Å²) in [4.78, 5) is 25.2. The molecule has 28 heavy (non-hydrogen) atoms. The summed E-state index contributed by atoms with van der Waals surface area (Å²) in [5, 5.41) is 5.26. The van der Waals surface area contributed by atoms with Gasteiger partial charge in [-0.3, -0.25) is 4.79 Å². The fourth-order valence-electron chi connectivity index (χ4n) is 2.97. The summed E-state index contributed by atoms with van der Waals surface area (Å²) in [5.74, 6) is -0.683. The maximum absolute atomic E-state index is 12.6. The van der Waals surface area contributed by atoms with Crippen molar-refractivity contribution >= 4 is 28.2 Å². The van der Waals surface area contributed by atoms with Crippen molar-refractivity contribution < 1.29 is 14.3 Å². The summed E-state index contributed by atoms with van der Waals surface area (Å²) in [6.07, 6.45) is 2.11. The predicted octanol–water partition coefficient (Wildman–Crippen LogP) is 5.80. The lowest BCUT2D eigenvalue weighted by molar-refractivity contribution is 0.0529. The zero-order valence-corrected chi connectivity index (χ0v) is 16.8. The van der Waals surface area contributed by atoms with Gasteiger partial charge in [0.05, 0.1) is 6.61 Å². The lowest BCUT2D eigenvalue weighted by atomic mass is 10.0. The molecule has 0 atom stereocenters. The van der Waals surface area contributed by atoms with E-state index in [-0.39, 0.29) is 12.5 Å². The number of amides is 1. The molecule has 1 aromatic heterocycles. The molecular weight excluding hydrogens is 370 g/mol. The minimum Gasteiger partial charge on any atom is -0.462 e. The second kappa shape index (κ2) is 9.33. The summed E-state index contributed by atoms with van der Waals surface area (Å²) < 4.78 is 5.26. The van der Waals surface area contributed by atoms with Crippen LogP contribution < -0.4 is 5.32 Å². The van der Waals surface area contributed by atoms with E-state index in [4.69, 9.17) is 4.74 Å². The van der Waals surface area contributed by atoms with Crippen molar-refractivity contribution in [3.63, 3.8) is 0 Å². The molecule has 4 nitrogen and oxygen atoms in total. The topological polar surface area (TPSA) is 55.4 Å². The Bertz CT molecular complexity index is 946. The second-order valence-electron chi connectivity index (χ2n) is 6.34. The standard InChI is InChI=1S/C23H23NO3S/c1-3-8-16-11-13-17(14-12-16)19-15-28-22(20(19)23(26)27-4-2)24-21(25)18-9-6-5-7-10-18/h5-7,9-15H,3-4,8H2,1-2H3,(H,24,25). The van der Waals surface area contributed by atoms with Gasteiger partial charge in [0.2, 0.25) is 0 Å². The highest BCUT2D eigenvalue weighted by atomic mass is 32.1. The molecule has 3 aromatic rings. The number of hydrogen-bond acceptors (Lipinski definition) is 4. The van der Waals surface area contributed by atoms with E-state index < -0.39 is 5.97 Å². The van der Waals surface area contributed by atoms with E-state index in [0.717, 1.165) is 24.0 Å². The van der Waals surface area contributed by atoms with E-state index in [0.29, 0.717) is 16.1 Å². The van der Waals surface area contributed by atoms with Crippen molar-refractivity contribution in [2.45, 2.75) is 26.7 Å². The van der Waals surface area contributed by atoms with Crippen LogP contribution in [0.2, 0.25) is 0 Å². The Morgan fingerprint density at radius 3 is 2.36 bits per heavy atom. The van der Waals surface area contributed by atoms with Gasteiger partial charge in [0.1, 0.15) is 10.6 Å². The molecule has 3 rings (SSSR count). The van der Waals surface area contributed by atoms with Crippen LogP contribution in [0.15, 0.2) is 60.0 Å². The van der Waals surface area contributed by atoms with Crippen molar-refractivity contribution in [1.82, 2.24) is 0 Å². The Labute approximate surface area is 169 Å². The maximum atomic E-state index is 12.6. The number of hydrogen-bond donors (Lipinski definition) is 1. The van der Waals surface area contributed by atoms with Crippen LogP contribution in [0.4, 0.5) is 5.00 Å². The van der Waals surface area contributed by atoms with Gasteiger partial charge < -0.3 is 10.1 Å². The molecule has 2 aromatic carbocycles. The van der Waals surface area contributed by atoms with Crippen LogP contribution in [0.25, 0.3) is 11.1 Å². The zero-order chi connectivity index (χ0) is 19.9. The Hall–Kier alpha value is -2.92. The quantitative estimate of drug-likeness (QED) is 0.516. The first-order valence-corrected chi connectivity index (χ1v) is 10.3. The zero-order valence-electron chi connectivity index (χ0n) is 16.0. The van der Waals surface area contributed by atoms with Gasteiger partial charge in [-0.2, -0.15) is 0 Å². The molecule has 0 aliphatic rings. The first-order valence-electron chi connectivity index (χ1n) is 9.38. The van der Waals surface area contributed by atoms with Crippen molar-refractivity contribution in [3.05, 3.63) is 76.7 Å². The summed E-state index contributed by atoms with van der Waals surface area (Å²) in [6.45, 7) is 4.19. The molecular formula is C23H23NO3S. The van der Waals surface area contributed by atoms with E-state index >= 15 is 0 Å². The first kappa shape index (κ1) is 19.8. The number of nitrogens with one attached hydrogen (secondary N) is 1. The molecule has 0 aliphatic carbocycles. The second-order valence-corrected chi connectivity index (χ2v) is 7.22. The van der Waals surface area contributed by atoms with E-state index in [9.17, 15) is 9.59 Å². The van der Waals surface area contributed by atoms with Crippen LogP contribution in [-0.4, -0.2) is 18.5 Å². The largest absolute Gasteiger partial charge is 0.462 e. The fourth-order valence-corrected chi connectivity index (χ4v) is 3.93. The molecule has 1 heterocycles. The Balaban J connectivity index is 1.95. The van der Waals surface area contributed by atoms with Crippen LogP contribution in [0, 0.1) is 0 Å². The molecule has 5 heteroatoms. The summed E-state index contributed by atoms with van der Waals surface area (Å²) in [7, 11) is 0. The molecule has 0 fully saturated rings. The number of carbonyl (C=O) groups is 2. The van der Waals surface area contributed by atoms with Crippen LogP contribution in [0.1, 0.15) is 46.5 Å². The summed E-state index contributed by atoms with van der Waals surface area (Å²) in [5.41, 5.74) is 3.90. The molecule has 0 bridgehead atoms. The number of rotatable bonds is 7. The van der Waals surface area contributed by atoms with Crippen molar-refractivity contribution in [2.24, 2.45) is 0 Å². The van der Waals surface area contributed by atoms with E-state index in [2.05, 4.69) is 24.4 Å². The number of aryl methyl sites for hydroxylation is 1. The highest BCUT2D eigenvalue weighted by molar-refractivity contribution is 7.15. The van der Waals surface area contributed by atoms with Gasteiger partial charge in [-0.05, 0) is 36.6 Å². The van der Waals surface area contributed by atoms with Crippen molar-refractivity contribution in [1.29, 1.82) is 0 Å². The van der Waals surface area contributed by atoms with E-state index in [1.807, 2.05) is 23.6 Å². The minimum atomic E-state index is -0.431. The van der Waals surface area contributed by atoms with E-state index in [1.54, 1.807) is 31.2 Å². The van der Waals surface area contributed by atoms with Crippen LogP contribution in [0.5, 0.6) is 0 Å². The van der Waals surface area contributed by atoms with Crippen LogP contribution >= 0.6 is 11.3 Å². The van der Waals surface area contributed by atoms with Gasteiger partial charge in [-0.1, -0.05) is 55.8 Å². The highest BCUT2D eigenvalue weighted by Gasteiger charge is 2.23. The average molecular weight is 394 g/mol. The molecule has 1 N–H and O–H groups in total. The van der Waals surface area contributed by atoms with Gasteiger partial charge in [-0.15, -0.1) is 11.3 Å². The molecule has 144 valence electrons. The van der Waals surface area contributed by atoms with Gasteiger partial charge in [-0.25, -0.2) is 4.79 Å². The minimum absolute atomic E-state index is 0.252. The number of thiophene rings is 1.